The molecule has 4 rings (SSSR count). The Bertz CT molecular complexity index is 1340. The van der Waals surface area contributed by atoms with Gasteiger partial charge in [0.1, 0.15) is 11.6 Å². The van der Waals surface area contributed by atoms with Gasteiger partial charge >= 0.3 is 0 Å². The molecular weight excluding hydrogens is 528 g/mol. The number of aryl methyl sites for hydroxylation is 1. The Morgan fingerprint density at radius 3 is 2.46 bits per heavy atom. The number of ether oxygens (including phenoxy) is 1. The number of nitrogens with two attached hydrogens (primary N) is 1. The number of primary amides is 1. The second-order valence-electron chi connectivity index (χ2n) is 10.4. The molecule has 1 unspecified atom stereocenters. The van der Waals surface area contributed by atoms with Crippen molar-refractivity contribution in [2.24, 2.45) is 5.73 Å². The van der Waals surface area contributed by atoms with Crippen molar-refractivity contribution in [1.29, 1.82) is 0 Å². The molecular formula is C32H37F2N3O4. The fourth-order valence-electron chi connectivity index (χ4n) is 5.34. The maximum absolute atomic E-state index is 14.1. The first-order valence-electron chi connectivity index (χ1n) is 14.0. The van der Waals surface area contributed by atoms with Crippen LogP contribution in [-0.2, 0) is 24.1 Å². The van der Waals surface area contributed by atoms with Crippen LogP contribution in [-0.4, -0.2) is 48.8 Å². The number of halogens is 2. The van der Waals surface area contributed by atoms with Crippen molar-refractivity contribution in [2.45, 2.75) is 57.3 Å². The Balaban J connectivity index is 1.64. The van der Waals surface area contributed by atoms with Gasteiger partial charge in [-0.2, -0.15) is 0 Å². The van der Waals surface area contributed by atoms with E-state index in [1.54, 1.807) is 12.1 Å². The fourth-order valence-corrected chi connectivity index (χ4v) is 5.34. The highest BCUT2D eigenvalue weighted by molar-refractivity contribution is 6.07. The van der Waals surface area contributed by atoms with Crippen LogP contribution in [0.2, 0.25) is 0 Å². The Morgan fingerprint density at radius 2 is 1.78 bits per heavy atom. The van der Waals surface area contributed by atoms with Gasteiger partial charge in [-0.3, -0.25) is 9.59 Å². The van der Waals surface area contributed by atoms with E-state index in [0.29, 0.717) is 24.3 Å². The van der Waals surface area contributed by atoms with Gasteiger partial charge in [0.15, 0.2) is 0 Å². The van der Waals surface area contributed by atoms with Crippen LogP contribution in [0.25, 0.3) is 0 Å². The van der Waals surface area contributed by atoms with Crippen molar-refractivity contribution in [1.82, 2.24) is 10.6 Å². The molecule has 5 N–H and O–H groups in total. The van der Waals surface area contributed by atoms with E-state index in [1.165, 1.54) is 23.8 Å². The van der Waals surface area contributed by atoms with Gasteiger partial charge in [0, 0.05) is 38.2 Å². The van der Waals surface area contributed by atoms with Crippen LogP contribution in [0.4, 0.5) is 8.78 Å². The predicted molar refractivity (Wildman–Crippen MR) is 153 cm³/mol. The summed E-state index contributed by atoms with van der Waals surface area (Å²) in [7, 11) is 0. The zero-order valence-electron chi connectivity index (χ0n) is 23.2. The average Bonchev–Trinajstić information content (AvgIpc) is 3.47. The highest BCUT2D eigenvalue weighted by atomic mass is 19.1. The number of aliphatic hydroxyl groups is 1. The zero-order valence-corrected chi connectivity index (χ0v) is 23.2. The van der Waals surface area contributed by atoms with E-state index >= 15 is 0 Å². The maximum atomic E-state index is 14.1. The van der Waals surface area contributed by atoms with Gasteiger partial charge in [0.25, 0.3) is 5.91 Å². The second-order valence-corrected chi connectivity index (χ2v) is 10.4. The van der Waals surface area contributed by atoms with Crippen molar-refractivity contribution >= 4 is 11.8 Å². The molecule has 218 valence electrons. The van der Waals surface area contributed by atoms with Gasteiger partial charge < -0.3 is 26.2 Å². The summed E-state index contributed by atoms with van der Waals surface area (Å²) in [6.45, 7) is 3.56. The molecule has 7 nitrogen and oxygen atoms in total. The largest absolute Gasteiger partial charge is 0.391 e. The van der Waals surface area contributed by atoms with E-state index in [9.17, 15) is 23.5 Å². The number of carbonyl (C=O) groups excluding carboxylic acids is 2. The summed E-state index contributed by atoms with van der Waals surface area (Å²) in [6.07, 6.45) is 1.41. The number of amides is 2. The number of aliphatic hydroxyl groups excluding tert-OH is 1. The lowest BCUT2D eigenvalue weighted by Crippen LogP contribution is -2.37. The number of benzene rings is 3. The van der Waals surface area contributed by atoms with Crippen molar-refractivity contribution in [3.05, 3.63) is 106 Å². The normalized spacial score (nSPS) is 16.3. The summed E-state index contributed by atoms with van der Waals surface area (Å²) in [6, 6.07) is 15.9. The van der Waals surface area contributed by atoms with E-state index < -0.39 is 35.5 Å². The Hall–Kier alpha value is -3.66. The number of hydrogen-bond acceptors (Lipinski definition) is 5. The number of hydrogen-bond donors (Lipinski definition) is 4. The standard InChI is InChI=1S/C32H37F2N3O4/c1-2-20-6-3-7-21(12-20)17-36-19-29(38)28(15-22-13-23(33)16-24(34)14-22)26-9-4-10-27(31(35)39)30(26)32(40)37-18-25-8-5-11-41-25/h3-4,6-7,9-10,12-14,16,25,28-29,36,38H,2,5,8,11,15,17-19H2,1H3,(H2,35,39)(H,37,40)/t25?,28-,29-/m0/s1. The molecule has 1 saturated heterocycles. The molecule has 0 saturated carbocycles. The minimum Gasteiger partial charge on any atom is -0.391 e. The summed E-state index contributed by atoms with van der Waals surface area (Å²) in [5.74, 6) is -3.62. The van der Waals surface area contributed by atoms with E-state index in [0.717, 1.165) is 30.9 Å². The Labute approximate surface area is 239 Å². The third-order valence-corrected chi connectivity index (χ3v) is 7.43. The minimum atomic E-state index is -1.08. The van der Waals surface area contributed by atoms with Crippen LogP contribution in [0.5, 0.6) is 0 Å². The van der Waals surface area contributed by atoms with Crippen LogP contribution in [0, 0.1) is 11.6 Å². The summed E-state index contributed by atoms with van der Waals surface area (Å²) in [4.78, 5) is 25.9. The van der Waals surface area contributed by atoms with E-state index in [-0.39, 0.29) is 36.7 Å². The molecule has 3 aromatic rings. The second kappa shape index (κ2) is 14.3. The van der Waals surface area contributed by atoms with Gasteiger partial charge in [-0.25, -0.2) is 8.78 Å². The van der Waals surface area contributed by atoms with Crippen molar-refractivity contribution in [3.63, 3.8) is 0 Å². The highest BCUT2D eigenvalue weighted by Crippen LogP contribution is 2.30. The summed E-state index contributed by atoms with van der Waals surface area (Å²) >= 11 is 0. The summed E-state index contributed by atoms with van der Waals surface area (Å²) < 4.78 is 33.8. The van der Waals surface area contributed by atoms with Crippen LogP contribution in [0.1, 0.15) is 68.7 Å². The fraction of sp³-hybridized carbons (Fsp3) is 0.375. The van der Waals surface area contributed by atoms with Gasteiger partial charge in [-0.1, -0.05) is 43.3 Å². The predicted octanol–water partition coefficient (Wildman–Crippen LogP) is 4.01. The van der Waals surface area contributed by atoms with Crippen molar-refractivity contribution in [3.8, 4) is 0 Å². The quantitative estimate of drug-likeness (QED) is 0.250. The third kappa shape index (κ3) is 8.19. The maximum Gasteiger partial charge on any atom is 0.252 e. The first kappa shape index (κ1) is 30.3. The van der Waals surface area contributed by atoms with Gasteiger partial charge in [0.05, 0.1) is 23.3 Å². The minimum absolute atomic E-state index is 0.000645. The molecule has 0 bridgehead atoms. The molecule has 41 heavy (non-hydrogen) atoms. The molecule has 1 aliphatic heterocycles. The lowest BCUT2D eigenvalue weighted by atomic mass is 9.82. The zero-order chi connectivity index (χ0) is 29.4. The SMILES string of the molecule is CCc1cccc(CNC[C@H](O)[C@@H](Cc2cc(F)cc(F)c2)c2cccc(C(N)=O)c2C(=O)NCC2CCCO2)c1. The van der Waals surface area contributed by atoms with Gasteiger partial charge in [0.2, 0.25) is 5.91 Å². The molecule has 0 spiro atoms. The first-order chi connectivity index (χ1) is 19.7. The lowest BCUT2D eigenvalue weighted by molar-refractivity contribution is 0.0848. The van der Waals surface area contributed by atoms with E-state index in [4.69, 9.17) is 10.5 Å². The molecule has 1 fully saturated rings. The molecule has 0 aliphatic carbocycles. The summed E-state index contributed by atoms with van der Waals surface area (Å²) in [5.41, 5.74) is 8.60. The Kier molecular flexibility index (Phi) is 10.6. The van der Waals surface area contributed by atoms with Crippen LogP contribution >= 0.6 is 0 Å². The number of rotatable bonds is 13. The van der Waals surface area contributed by atoms with E-state index in [2.05, 4.69) is 23.6 Å². The van der Waals surface area contributed by atoms with Crippen LogP contribution in [0.15, 0.2) is 60.7 Å². The Morgan fingerprint density at radius 1 is 1.05 bits per heavy atom. The molecule has 0 radical (unpaired) electrons. The van der Waals surface area contributed by atoms with Crippen molar-refractivity contribution in [2.75, 3.05) is 19.7 Å². The smallest absolute Gasteiger partial charge is 0.252 e. The molecule has 1 heterocycles. The summed E-state index contributed by atoms with van der Waals surface area (Å²) in [5, 5.41) is 17.6. The first-order valence-corrected chi connectivity index (χ1v) is 14.0. The van der Waals surface area contributed by atoms with E-state index in [1.807, 2.05) is 18.2 Å². The number of carbonyl (C=O) groups is 2. The van der Waals surface area contributed by atoms with Gasteiger partial charge in [-0.15, -0.1) is 0 Å². The highest BCUT2D eigenvalue weighted by Gasteiger charge is 2.30. The molecule has 3 aromatic carbocycles. The third-order valence-electron chi connectivity index (χ3n) is 7.43. The topological polar surface area (TPSA) is 114 Å². The van der Waals surface area contributed by atoms with Crippen molar-refractivity contribution < 1.29 is 28.2 Å². The van der Waals surface area contributed by atoms with Crippen LogP contribution in [0.3, 0.4) is 0 Å². The molecule has 0 aromatic heterocycles. The molecule has 3 atom stereocenters. The average molecular weight is 566 g/mol. The molecule has 9 heteroatoms. The van der Waals surface area contributed by atoms with Crippen LogP contribution < -0.4 is 16.4 Å². The molecule has 1 aliphatic rings. The van der Waals surface area contributed by atoms with Gasteiger partial charge in [-0.05, 0) is 66.1 Å². The molecule has 2 amide bonds. The lowest BCUT2D eigenvalue weighted by Gasteiger charge is -2.27. The number of nitrogens with one attached hydrogen (secondary N) is 2. The monoisotopic (exact) mass is 565 g/mol.